The molecular weight excluding hydrogens is 1080 g/mol. The second-order valence-electron chi connectivity index (χ2n) is 20.6. The number of hydrogen-bond acceptors (Lipinski definition) is 20. The van der Waals surface area contributed by atoms with Crippen molar-refractivity contribution in [2.45, 2.75) is 77.6 Å². The summed E-state index contributed by atoms with van der Waals surface area (Å²) in [6.07, 6.45) is 7.82. The van der Waals surface area contributed by atoms with E-state index in [1.807, 2.05) is 79.3 Å². The second-order valence-corrected chi connectivity index (χ2v) is 23.8. The number of hydrogen-bond donors (Lipinski definition) is 4. The number of carbonyl (C=O) groups excluding carboxylic acids is 2. The van der Waals surface area contributed by atoms with Crippen LogP contribution in [0.1, 0.15) is 60.8 Å². The van der Waals surface area contributed by atoms with E-state index in [1.165, 1.54) is 6.20 Å². The molecule has 5 N–H and O–H groups in total. The second kappa shape index (κ2) is 28.5. The topological polar surface area (TPSA) is 269 Å². The Morgan fingerprint density at radius 3 is 1.45 bits per heavy atom. The van der Waals surface area contributed by atoms with Gasteiger partial charge in [0.25, 0.3) is 5.16 Å². The fourth-order valence-corrected chi connectivity index (χ4v) is 8.44. The van der Waals surface area contributed by atoms with Gasteiger partial charge in [0.05, 0.1) is 35.7 Å². The van der Waals surface area contributed by atoms with Gasteiger partial charge in [-0.2, -0.15) is 15.3 Å². The molecule has 26 heteroatoms. The molecule has 0 saturated carbocycles. The van der Waals surface area contributed by atoms with Crippen molar-refractivity contribution in [3.8, 4) is 33.8 Å². The van der Waals surface area contributed by atoms with Gasteiger partial charge in [-0.15, -0.1) is 15.3 Å². The Bertz CT molecular complexity index is 2970. The molecule has 3 fully saturated rings. The maximum absolute atomic E-state index is 12.1. The van der Waals surface area contributed by atoms with Gasteiger partial charge in [-0.3, -0.25) is 15.6 Å². The minimum Gasteiger partial charge on any atom is -0.443 e. The molecule has 0 aliphatic carbocycles. The number of amides is 2. The SMILES string of the molecule is CC(C)(C)CC(=O)NN1CCN(c2nncc(-c3ccc(Cl)cc3)n2)CC1.CC(C)(C)OC(=O)NN1CCNCC1.CS(=O)(=O)c1nncc(-c2ccc(Cl)cc2)n1.NC1CCN(c2nncc(-c3ccc(Cl)cc3)n2)CC1. The number of anilines is 2. The maximum Gasteiger partial charge on any atom is 0.422 e. The number of sulfone groups is 1. The first-order chi connectivity index (χ1) is 37.0. The van der Waals surface area contributed by atoms with Crippen LogP contribution in [0.5, 0.6) is 0 Å². The molecule has 22 nitrogen and oxygen atoms in total. The minimum absolute atomic E-state index is 0.0203. The zero-order valence-corrected chi connectivity index (χ0v) is 48.0. The van der Waals surface area contributed by atoms with E-state index in [1.54, 1.807) is 36.7 Å². The van der Waals surface area contributed by atoms with Crippen LogP contribution in [0.3, 0.4) is 0 Å². The Morgan fingerprint density at radius 1 is 0.615 bits per heavy atom. The van der Waals surface area contributed by atoms with E-state index < -0.39 is 15.4 Å². The van der Waals surface area contributed by atoms with Crippen molar-refractivity contribution in [2.24, 2.45) is 11.1 Å². The summed E-state index contributed by atoms with van der Waals surface area (Å²) in [5.74, 6) is 1.33. The number of nitrogens with two attached hydrogens (primary N) is 1. The van der Waals surface area contributed by atoms with Crippen LogP contribution < -0.4 is 31.7 Å². The van der Waals surface area contributed by atoms with Crippen molar-refractivity contribution in [1.29, 1.82) is 0 Å². The van der Waals surface area contributed by atoms with E-state index in [0.29, 0.717) is 58.2 Å². The molecule has 0 atom stereocenters. The number of hydrazine groups is 2. The first-order valence-corrected chi connectivity index (χ1v) is 28.3. The molecule has 9 rings (SSSR count). The van der Waals surface area contributed by atoms with Gasteiger partial charge in [-0.05, 0) is 75.4 Å². The van der Waals surface area contributed by atoms with Crippen LogP contribution >= 0.6 is 34.8 Å². The summed E-state index contributed by atoms with van der Waals surface area (Å²) in [6.45, 7) is 19.8. The quantitative estimate of drug-likeness (QED) is 0.116. The lowest BCUT2D eigenvalue weighted by molar-refractivity contribution is -0.127. The molecule has 0 bridgehead atoms. The molecule has 0 spiro atoms. The number of benzene rings is 3. The molecule has 3 saturated heterocycles. The van der Waals surface area contributed by atoms with Gasteiger partial charge in [-0.1, -0.05) is 92.0 Å². The van der Waals surface area contributed by atoms with Gasteiger partial charge in [0.15, 0.2) is 0 Å². The normalized spacial score (nSPS) is 15.5. The molecular formula is C52H68Cl3N17O5S. The Labute approximate surface area is 471 Å². The minimum atomic E-state index is -3.45. The predicted octanol–water partition coefficient (Wildman–Crippen LogP) is 6.83. The average Bonchev–Trinajstić information content (AvgIpc) is 3.40. The lowest BCUT2D eigenvalue weighted by Gasteiger charge is -2.35. The predicted molar refractivity (Wildman–Crippen MR) is 303 cm³/mol. The summed E-state index contributed by atoms with van der Waals surface area (Å²) in [4.78, 5) is 40.8. The molecule has 0 unspecified atom stereocenters. The highest BCUT2D eigenvalue weighted by atomic mass is 35.5. The highest BCUT2D eigenvalue weighted by molar-refractivity contribution is 7.90. The molecule has 6 aromatic rings. The monoisotopic (exact) mass is 1150 g/mol. The third-order valence-electron chi connectivity index (χ3n) is 11.5. The van der Waals surface area contributed by atoms with Gasteiger partial charge in [0.2, 0.25) is 27.6 Å². The van der Waals surface area contributed by atoms with Gasteiger partial charge in [0, 0.05) is 116 Å². The van der Waals surface area contributed by atoms with Gasteiger partial charge in [0.1, 0.15) is 5.60 Å². The summed E-state index contributed by atoms with van der Waals surface area (Å²) in [6, 6.07) is 22.2. The van der Waals surface area contributed by atoms with Crippen LogP contribution in [0.4, 0.5) is 16.7 Å². The number of rotatable bonds is 9. The molecule has 418 valence electrons. The first-order valence-electron chi connectivity index (χ1n) is 25.3. The van der Waals surface area contributed by atoms with E-state index in [2.05, 4.69) is 92.3 Å². The van der Waals surface area contributed by atoms with Crippen LogP contribution in [-0.4, -0.2) is 159 Å². The summed E-state index contributed by atoms with van der Waals surface area (Å²) in [5.41, 5.74) is 15.8. The number of ether oxygens (including phenoxy) is 1. The molecule has 78 heavy (non-hydrogen) atoms. The third-order valence-corrected chi connectivity index (χ3v) is 13.1. The fraction of sp³-hybridized carbons (Fsp3) is 0.442. The molecule has 3 aliphatic heterocycles. The van der Waals surface area contributed by atoms with Crippen molar-refractivity contribution in [1.82, 2.24) is 71.7 Å². The van der Waals surface area contributed by atoms with Gasteiger partial charge < -0.3 is 25.6 Å². The molecule has 3 aliphatic rings. The Kier molecular flexibility index (Phi) is 22.3. The van der Waals surface area contributed by atoms with Crippen molar-refractivity contribution in [3.63, 3.8) is 0 Å². The van der Waals surface area contributed by atoms with Crippen LogP contribution in [0.25, 0.3) is 33.8 Å². The smallest absolute Gasteiger partial charge is 0.422 e. The number of nitrogens with zero attached hydrogens (tertiary/aromatic N) is 13. The van der Waals surface area contributed by atoms with Gasteiger partial charge >= 0.3 is 6.09 Å². The van der Waals surface area contributed by atoms with Crippen LogP contribution in [0, 0.1) is 5.41 Å². The fourth-order valence-electron chi connectivity index (χ4n) is 7.60. The van der Waals surface area contributed by atoms with Crippen LogP contribution in [-0.2, 0) is 19.4 Å². The summed E-state index contributed by atoms with van der Waals surface area (Å²) < 4.78 is 27.7. The van der Waals surface area contributed by atoms with Gasteiger partial charge in [-0.25, -0.2) is 38.2 Å². The number of halogens is 3. The Hall–Kier alpha value is -6.31. The summed E-state index contributed by atoms with van der Waals surface area (Å²) in [7, 11) is -3.45. The largest absolute Gasteiger partial charge is 0.443 e. The van der Waals surface area contributed by atoms with E-state index in [-0.39, 0.29) is 22.6 Å². The average molecular weight is 1150 g/mol. The highest BCUT2D eigenvalue weighted by Crippen LogP contribution is 2.24. The van der Waals surface area contributed by atoms with Crippen molar-refractivity contribution >= 4 is 68.5 Å². The molecule has 0 radical (unpaired) electrons. The van der Waals surface area contributed by atoms with E-state index in [4.69, 9.17) is 45.3 Å². The standard InChI is InChI=1S/C19H25ClN6O.C14H16ClN5.C10H8ClN3O2S.C9H19N3O2/c1-19(2,3)12-17(27)24-26-10-8-25(9-11-26)18-22-16(13-21-23-18)14-4-6-15(20)7-5-14;15-11-3-1-10(2-4-11)13-9-17-19-14(18-13)20-7-5-12(16)6-8-20;1-17(15,16)10-13-9(6-12-14-10)7-2-4-8(11)5-3-7;1-9(2,3)14-8(13)11-12-6-4-10-5-7-12/h4-7,13H,8-12H2,1-3H3,(H,24,27);1-4,9,12H,5-8,16H2;2-6H,1H3;10H,4-7H2,1-3H3,(H,11,13). The molecule has 3 aromatic heterocycles. The zero-order chi connectivity index (χ0) is 56.5. The van der Waals surface area contributed by atoms with E-state index >= 15 is 0 Å². The highest BCUT2D eigenvalue weighted by Gasteiger charge is 2.24. The molecule has 6 heterocycles. The van der Waals surface area contributed by atoms with Crippen molar-refractivity contribution in [3.05, 3.63) is 106 Å². The Balaban J connectivity index is 0.000000173. The lowest BCUT2D eigenvalue weighted by atomic mass is 9.92. The van der Waals surface area contributed by atoms with E-state index in [0.717, 1.165) is 99.5 Å². The number of piperazine rings is 2. The van der Waals surface area contributed by atoms with Crippen molar-refractivity contribution < 1.29 is 22.7 Å². The van der Waals surface area contributed by atoms with Crippen LogP contribution in [0.2, 0.25) is 15.1 Å². The maximum atomic E-state index is 12.1. The number of piperidine rings is 1. The lowest BCUT2D eigenvalue weighted by Crippen LogP contribution is -2.54. The summed E-state index contributed by atoms with van der Waals surface area (Å²) in [5, 5.41) is 32.3. The number of carbonyl (C=O) groups is 2. The number of aromatic nitrogens is 9. The first kappa shape index (κ1) is 60.9. The molecule has 2 amide bonds. The van der Waals surface area contributed by atoms with Crippen molar-refractivity contribution in [2.75, 3.05) is 81.5 Å². The summed E-state index contributed by atoms with van der Waals surface area (Å²) >= 11 is 17.6. The Morgan fingerprint density at radius 2 is 1.03 bits per heavy atom. The number of nitrogens with one attached hydrogen (secondary N) is 3. The molecule has 3 aromatic carbocycles. The zero-order valence-electron chi connectivity index (χ0n) is 44.9. The van der Waals surface area contributed by atoms with Crippen LogP contribution in [0.15, 0.2) is 96.5 Å². The van der Waals surface area contributed by atoms with E-state index in [9.17, 15) is 18.0 Å². The third kappa shape index (κ3) is 20.8.